The number of nitrogens with two attached hydrogens (primary N) is 1. The minimum absolute atomic E-state index is 0.707. The van der Waals surface area contributed by atoms with Crippen LogP contribution in [-0.2, 0) is 6.42 Å². The molecule has 7 nitrogen and oxygen atoms in total. The number of hydrogen-bond donors (Lipinski definition) is 2. The third-order valence-corrected chi connectivity index (χ3v) is 4.12. The van der Waals surface area contributed by atoms with Gasteiger partial charge < -0.3 is 5.73 Å². The van der Waals surface area contributed by atoms with Crippen LogP contribution in [0, 0.1) is 0 Å². The van der Waals surface area contributed by atoms with Crippen LogP contribution in [0.25, 0.3) is 16.2 Å². The number of carbonyl (C=O) groups excluding carboxylic acids is 1. The Labute approximate surface area is 136 Å². The maximum atomic E-state index is 10.8. The van der Waals surface area contributed by atoms with Crippen LogP contribution in [-0.4, -0.2) is 26.8 Å². The van der Waals surface area contributed by atoms with Crippen molar-refractivity contribution in [3.63, 3.8) is 0 Å². The fourth-order valence-electron chi connectivity index (χ4n) is 2.20. The predicted octanol–water partition coefficient (Wildman–Crippen LogP) is 2.41. The third-order valence-electron chi connectivity index (χ3n) is 3.15. The fourth-order valence-corrected chi connectivity index (χ4v) is 3.20. The summed E-state index contributed by atoms with van der Waals surface area (Å²) in [6.45, 7) is 2.11. The van der Waals surface area contributed by atoms with Crippen LogP contribution >= 0.6 is 11.3 Å². The van der Waals surface area contributed by atoms with Gasteiger partial charge in [0, 0.05) is 12.0 Å². The zero-order chi connectivity index (χ0) is 16.2. The average Bonchev–Trinajstić information content (AvgIpc) is 3.07. The van der Waals surface area contributed by atoms with Crippen molar-refractivity contribution in [2.45, 2.75) is 19.8 Å². The zero-order valence-corrected chi connectivity index (χ0v) is 13.4. The molecule has 3 N–H and O–H groups in total. The number of benzene rings is 1. The van der Waals surface area contributed by atoms with Crippen LogP contribution in [0.2, 0.25) is 0 Å². The van der Waals surface area contributed by atoms with Crippen LogP contribution in [0.4, 0.5) is 4.79 Å². The largest absolute Gasteiger partial charge is 0.350 e. The van der Waals surface area contributed by atoms with Gasteiger partial charge in [0.1, 0.15) is 16.4 Å². The quantitative estimate of drug-likeness (QED) is 0.556. The second kappa shape index (κ2) is 6.57. The van der Waals surface area contributed by atoms with Crippen LogP contribution in [0.15, 0.2) is 35.4 Å². The standard InChI is InChI=1S/C15H16N6OS/c1-2-6-12-20-21-11(9-17-19-14(16)22)13(18-15(21)23-12)10-7-4-3-5-8-10/h3-5,7-9H,2,6H2,1H3,(H3,16,19,22)/b17-9-. The number of hydrogen-bond acceptors (Lipinski definition) is 5. The maximum absolute atomic E-state index is 10.8. The summed E-state index contributed by atoms with van der Waals surface area (Å²) in [4.78, 5) is 16.3. The van der Waals surface area contributed by atoms with E-state index < -0.39 is 6.03 Å². The molecule has 1 aromatic carbocycles. The first-order valence-corrected chi connectivity index (χ1v) is 8.03. The van der Waals surface area contributed by atoms with Gasteiger partial charge in [0.2, 0.25) is 4.96 Å². The molecule has 0 spiro atoms. The Morgan fingerprint density at radius 3 is 2.91 bits per heavy atom. The zero-order valence-electron chi connectivity index (χ0n) is 12.6. The molecule has 118 valence electrons. The highest BCUT2D eigenvalue weighted by molar-refractivity contribution is 7.16. The smallest absolute Gasteiger partial charge is 0.332 e. The Hall–Kier alpha value is -2.74. The highest BCUT2D eigenvalue weighted by Gasteiger charge is 2.16. The molecule has 23 heavy (non-hydrogen) atoms. The van der Waals surface area contributed by atoms with E-state index >= 15 is 0 Å². The third kappa shape index (κ3) is 3.21. The summed E-state index contributed by atoms with van der Waals surface area (Å²) >= 11 is 1.56. The van der Waals surface area contributed by atoms with Gasteiger partial charge in [-0.2, -0.15) is 10.2 Å². The van der Waals surface area contributed by atoms with Crippen LogP contribution in [0.5, 0.6) is 0 Å². The number of fused-ring (bicyclic) bond motifs is 1. The molecule has 0 saturated heterocycles. The molecule has 2 amide bonds. The van der Waals surface area contributed by atoms with E-state index in [2.05, 4.69) is 27.5 Å². The minimum atomic E-state index is -0.715. The van der Waals surface area contributed by atoms with E-state index in [1.54, 1.807) is 15.9 Å². The van der Waals surface area contributed by atoms with E-state index in [1.165, 1.54) is 6.21 Å². The molecule has 0 radical (unpaired) electrons. The summed E-state index contributed by atoms with van der Waals surface area (Å²) in [5.41, 5.74) is 9.67. The monoisotopic (exact) mass is 328 g/mol. The number of aromatic nitrogens is 3. The van der Waals surface area contributed by atoms with E-state index in [0.29, 0.717) is 5.69 Å². The summed E-state index contributed by atoms with van der Waals surface area (Å²) in [6.07, 6.45) is 3.45. The Kier molecular flexibility index (Phi) is 4.33. The molecule has 0 atom stereocenters. The van der Waals surface area contributed by atoms with Gasteiger partial charge in [-0.1, -0.05) is 48.6 Å². The highest BCUT2D eigenvalue weighted by Crippen LogP contribution is 2.26. The lowest BCUT2D eigenvalue weighted by Crippen LogP contribution is -2.24. The van der Waals surface area contributed by atoms with E-state index in [4.69, 9.17) is 5.73 Å². The normalized spacial score (nSPS) is 11.3. The first-order chi connectivity index (χ1) is 11.2. The lowest BCUT2D eigenvalue weighted by Gasteiger charge is -1.99. The maximum Gasteiger partial charge on any atom is 0.332 e. The van der Waals surface area contributed by atoms with E-state index in [9.17, 15) is 4.79 Å². The lowest BCUT2D eigenvalue weighted by atomic mass is 10.1. The molecule has 0 aliphatic heterocycles. The number of carbonyl (C=O) groups is 1. The molecule has 0 aliphatic carbocycles. The second-order valence-corrected chi connectivity index (χ2v) is 5.93. The SMILES string of the molecule is CCCc1nn2c(/C=N\NC(N)=O)c(-c3ccccc3)nc2s1. The minimum Gasteiger partial charge on any atom is -0.350 e. The number of aryl methyl sites for hydroxylation is 1. The van der Waals surface area contributed by atoms with Crippen molar-refractivity contribution in [1.82, 2.24) is 20.0 Å². The first kappa shape index (κ1) is 15.2. The summed E-state index contributed by atoms with van der Waals surface area (Å²) < 4.78 is 1.75. The van der Waals surface area contributed by atoms with Gasteiger partial charge in [0.05, 0.1) is 6.21 Å². The van der Waals surface area contributed by atoms with Crippen LogP contribution in [0.3, 0.4) is 0 Å². The summed E-state index contributed by atoms with van der Waals surface area (Å²) in [6, 6.07) is 9.06. The number of rotatable bonds is 5. The molecule has 0 fully saturated rings. The van der Waals surface area contributed by atoms with Crippen LogP contribution in [0.1, 0.15) is 24.0 Å². The molecule has 3 rings (SSSR count). The number of primary amides is 1. The van der Waals surface area contributed by atoms with Gasteiger partial charge in [0.25, 0.3) is 0 Å². The lowest BCUT2D eigenvalue weighted by molar-refractivity contribution is 0.249. The van der Waals surface area contributed by atoms with Gasteiger partial charge in [-0.15, -0.1) is 0 Å². The van der Waals surface area contributed by atoms with Gasteiger partial charge in [-0.25, -0.2) is 19.7 Å². The van der Waals surface area contributed by atoms with E-state index in [0.717, 1.165) is 34.1 Å². The van der Waals surface area contributed by atoms with E-state index in [-0.39, 0.29) is 0 Å². The van der Waals surface area contributed by atoms with Crippen LogP contribution < -0.4 is 11.2 Å². The predicted molar refractivity (Wildman–Crippen MR) is 90.6 cm³/mol. The molecule has 2 heterocycles. The van der Waals surface area contributed by atoms with Crippen molar-refractivity contribution >= 4 is 28.5 Å². The van der Waals surface area contributed by atoms with Crippen molar-refractivity contribution in [2.24, 2.45) is 10.8 Å². The van der Waals surface area contributed by atoms with Crippen molar-refractivity contribution in [1.29, 1.82) is 0 Å². The summed E-state index contributed by atoms with van der Waals surface area (Å²) in [5, 5.41) is 9.46. The van der Waals surface area contributed by atoms with Gasteiger partial charge in [-0.05, 0) is 6.42 Å². The molecule has 2 aromatic heterocycles. The number of hydrazone groups is 1. The van der Waals surface area contributed by atoms with Crippen molar-refractivity contribution in [3.8, 4) is 11.3 Å². The molecule has 0 saturated carbocycles. The van der Waals surface area contributed by atoms with Gasteiger partial charge in [-0.3, -0.25) is 0 Å². The number of nitrogens with one attached hydrogen (secondary N) is 1. The molecular formula is C15H16N6OS. The Morgan fingerprint density at radius 2 is 2.22 bits per heavy atom. The summed E-state index contributed by atoms with van der Waals surface area (Å²) in [7, 11) is 0. The highest BCUT2D eigenvalue weighted by atomic mass is 32.1. The Morgan fingerprint density at radius 1 is 1.43 bits per heavy atom. The van der Waals surface area contributed by atoms with Gasteiger partial charge in [0.15, 0.2) is 0 Å². The molecule has 3 aromatic rings. The molecule has 8 heteroatoms. The summed E-state index contributed by atoms with van der Waals surface area (Å²) in [5.74, 6) is 0. The van der Waals surface area contributed by atoms with Crippen molar-refractivity contribution in [2.75, 3.05) is 0 Å². The number of imidazole rings is 1. The van der Waals surface area contributed by atoms with Crippen molar-refractivity contribution in [3.05, 3.63) is 41.0 Å². The van der Waals surface area contributed by atoms with Gasteiger partial charge >= 0.3 is 6.03 Å². The number of nitrogens with zero attached hydrogens (tertiary/aromatic N) is 4. The molecule has 0 bridgehead atoms. The number of amides is 2. The first-order valence-electron chi connectivity index (χ1n) is 7.21. The molecular weight excluding hydrogens is 312 g/mol. The number of urea groups is 1. The Balaban J connectivity index is 2.09. The fraction of sp³-hybridized carbons (Fsp3) is 0.200. The molecule has 0 unspecified atom stereocenters. The topological polar surface area (TPSA) is 97.7 Å². The average molecular weight is 328 g/mol. The molecule has 0 aliphatic rings. The second-order valence-electron chi connectivity index (χ2n) is 4.89. The van der Waals surface area contributed by atoms with Crippen molar-refractivity contribution < 1.29 is 4.79 Å². The van der Waals surface area contributed by atoms with E-state index in [1.807, 2.05) is 30.3 Å². The Bertz CT molecular complexity index is 852.